The summed E-state index contributed by atoms with van der Waals surface area (Å²) in [4.78, 5) is 24.5. The molecule has 1 saturated heterocycles. The Labute approximate surface area is 111 Å². The summed E-state index contributed by atoms with van der Waals surface area (Å²) >= 11 is 0. The molecule has 19 heavy (non-hydrogen) atoms. The van der Waals surface area contributed by atoms with Crippen LogP contribution in [0, 0.1) is 0 Å². The van der Waals surface area contributed by atoms with Crippen molar-refractivity contribution in [2.45, 2.75) is 12.8 Å². The van der Waals surface area contributed by atoms with Crippen LogP contribution in [0.1, 0.15) is 12.0 Å². The Morgan fingerprint density at radius 3 is 2.58 bits per heavy atom. The van der Waals surface area contributed by atoms with Crippen molar-refractivity contribution < 1.29 is 9.59 Å². The Morgan fingerprint density at radius 2 is 1.79 bits per heavy atom. The summed E-state index contributed by atoms with van der Waals surface area (Å²) in [5, 5.41) is 2.44. The maximum absolute atomic E-state index is 11.6. The zero-order valence-electron chi connectivity index (χ0n) is 10.6. The van der Waals surface area contributed by atoms with Crippen molar-refractivity contribution in [1.29, 1.82) is 0 Å². The van der Waals surface area contributed by atoms with Crippen molar-refractivity contribution in [2.24, 2.45) is 0 Å². The normalized spacial score (nSPS) is 15.5. The van der Waals surface area contributed by atoms with Gasteiger partial charge in [0.05, 0.1) is 13.0 Å². The Morgan fingerprint density at radius 1 is 1.00 bits per heavy atom. The van der Waals surface area contributed by atoms with Gasteiger partial charge in [-0.2, -0.15) is 0 Å². The van der Waals surface area contributed by atoms with Gasteiger partial charge < -0.3 is 4.90 Å². The van der Waals surface area contributed by atoms with E-state index in [4.69, 9.17) is 0 Å². The largest absolute Gasteiger partial charge is 0.335 e. The molecule has 3 heteroatoms. The molecule has 0 aromatic heterocycles. The van der Waals surface area contributed by atoms with Crippen LogP contribution in [0.15, 0.2) is 42.5 Å². The van der Waals surface area contributed by atoms with E-state index in [1.165, 1.54) is 16.3 Å². The van der Waals surface area contributed by atoms with E-state index in [-0.39, 0.29) is 24.7 Å². The van der Waals surface area contributed by atoms with Gasteiger partial charge in [0, 0.05) is 6.54 Å². The number of hydrogen-bond donors (Lipinski definition) is 0. The van der Waals surface area contributed by atoms with E-state index in [9.17, 15) is 9.59 Å². The Kier molecular flexibility index (Phi) is 3.03. The Hall–Kier alpha value is -2.16. The molecule has 96 valence electrons. The number of likely N-dealkylation sites (tertiary alicyclic amines) is 1. The molecule has 0 bridgehead atoms. The summed E-state index contributed by atoms with van der Waals surface area (Å²) in [6.07, 6.45) is 0.871. The van der Waals surface area contributed by atoms with E-state index >= 15 is 0 Å². The second-order valence-corrected chi connectivity index (χ2v) is 4.92. The van der Waals surface area contributed by atoms with E-state index in [1.807, 2.05) is 18.2 Å². The summed E-state index contributed by atoms with van der Waals surface area (Å²) in [5.74, 6) is -0.00634. The highest BCUT2D eigenvalue weighted by Gasteiger charge is 2.26. The molecule has 3 rings (SSSR count). The van der Waals surface area contributed by atoms with Crippen molar-refractivity contribution in [3.8, 4) is 0 Å². The van der Waals surface area contributed by atoms with Gasteiger partial charge in [0.1, 0.15) is 0 Å². The second kappa shape index (κ2) is 4.84. The van der Waals surface area contributed by atoms with Crippen molar-refractivity contribution in [3.63, 3.8) is 0 Å². The van der Waals surface area contributed by atoms with Crippen LogP contribution in [0.3, 0.4) is 0 Å². The van der Waals surface area contributed by atoms with E-state index in [2.05, 4.69) is 24.3 Å². The average Bonchev–Trinajstić information content (AvgIpc) is 2.74. The fourth-order valence-electron chi connectivity index (χ4n) is 2.61. The Bertz CT molecular complexity index is 643. The molecular formula is C16H15NO2. The van der Waals surface area contributed by atoms with E-state index < -0.39 is 0 Å². The fourth-order valence-corrected chi connectivity index (χ4v) is 2.61. The molecule has 1 fully saturated rings. The zero-order valence-corrected chi connectivity index (χ0v) is 10.6. The molecule has 2 aromatic rings. The lowest BCUT2D eigenvalue weighted by molar-refractivity contribution is -0.127. The molecule has 0 aliphatic carbocycles. The molecule has 3 nitrogen and oxygen atoms in total. The van der Waals surface area contributed by atoms with Gasteiger partial charge in [0.15, 0.2) is 5.78 Å². The smallest absolute Gasteiger partial charge is 0.230 e. The zero-order chi connectivity index (χ0) is 13.2. The molecular weight excluding hydrogens is 238 g/mol. The number of carbonyl (C=O) groups is 2. The van der Waals surface area contributed by atoms with Crippen LogP contribution in [0.2, 0.25) is 0 Å². The van der Waals surface area contributed by atoms with Crippen molar-refractivity contribution in [3.05, 3.63) is 48.0 Å². The van der Waals surface area contributed by atoms with Crippen molar-refractivity contribution >= 4 is 22.5 Å². The number of amides is 1. The van der Waals surface area contributed by atoms with E-state index in [0.717, 1.165) is 6.42 Å². The third-order valence-corrected chi connectivity index (χ3v) is 3.60. The first-order valence-corrected chi connectivity index (χ1v) is 6.50. The molecule has 1 aliphatic heterocycles. The minimum Gasteiger partial charge on any atom is -0.335 e. The highest BCUT2D eigenvalue weighted by Crippen LogP contribution is 2.19. The molecule has 1 aliphatic rings. The molecule has 2 aromatic carbocycles. The molecule has 0 unspecified atom stereocenters. The summed E-state index contributed by atoms with van der Waals surface area (Å²) in [6, 6.07) is 14.4. The highest BCUT2D eigenvalue weighted by atomic mass is 16.2. The maximum atomic E-state index is 11.6. The van der Waals surface area contributed by atoms with Gasteiger partial charge in [-0.15, -0.1) is 0 Å². The molecule has 1 heterocycles. The summed E-state index contributed by atoms with van der Waals surface area (Å²) in [6.45, 7) is 0.905. The minimum absolute atomic E-state index is 0.0305. The molecule has 0 saturated carbocycles. The lowest BCUT2D eigenvalue weighted by atomic mass is 10.0. The average molecular weight is 253 g/mol. The van der Waals surface area contributed by atoms with E-state index in [0.29, 0.717) is 6.54 Å². The molecule has 0 N–H and O–H groups in total. The van der Waals surface area contributed by atoms with Gasteiger partial charge in [-0.3, -0.25) is 9.59 Å². The first-order chi connectivity index (χ1) is 9.24. The van der Waals surface area contributed by atoms with Crippen LogP contribution >= 0.6 is 0 Å². The number of hydrogen-bond acceptors (Lipinski definition) is 2. The first kappa shape index (κ1) is 11.9. The molecule has 1 amide bonds. The van der Waals surface area contributed by atoms with Crippen molar-refractivity contribution in [1.82, 2.24) is 4.90 Å². The highest BCUT2D eigenvalue weighted by molar-refractivity contribution is 6.05. The van der Waals surface area contributed by atoms with Gasteiger partial charge in [-0.25, -0.2) is 0 Å². The monoisotopic (exact) mass is 253 g/mol. The van der Waals surface area contributed by atoms with Crippen LogP contribution in [0.4, 0.5) is 0 Å². The quantitative estimate of drug-likeness (QED) is 0.786. The standard InChI is InChI=1S/C16H15NO2/c18-14-10-16(19)17(11-14)9-8-13-6-3-5-12-4-1-2-7-15(12)13/h1-7H,8-11H2. The third-order valence-electron chi connectivity index (χ3n) is 3.60. The van der Waals surface area contributed by atoms with Gasteiger partial charge in [-0.1, -0.05) is 42.5 Å². The van der Waals surface area contributed by atoms with Gasteiger partial charge >= 0.3 is 0 Å². The summed E-state index contributed by atoms with van der Waals surface area (Å²) < 4.78 is 0. The van der Waals surface area contributed by atoms with Gasteiger partial charge in [-0.05, 0) is 22.8 Å². The van der Waals surface area contributed by atoms with E-state index in [1.54, 1.807) is 4.90 Å². The number of benzene rings is 2. The second-order valence-electron chi connectivity index (χ2n) is 4.92. The Balaban J connectivity index is 1.79. The van der Waals surface area contributed by atoms with Gasteiger partial charge in [0.2, 0.25) is 5.91 Å². The number of carbonyl (C=O) groups excluding carboxylic acids is 2. The predicted octanol–water partition coefficient (Wildman–Crippen LogP) is 2.18. The van der Waals surface area contributed by atoms with Crippen LogP contribution in [-0.2, 0) is 16.0 Å². The van der Waals surface area contributed by atoms with Crippen LogP contribution < -0.4 is 0 Å². The first-order valence-electron chi connectivity index (χ1n) is 6.50. The predicted molar refractivity (Wildman–Crippen MR) is 73.9 cm³/mol. The lowest BCUT2D eigenvalue weighted by Crippen LogP contribution is -2.27. The minimum atomic E-state index is -0.0368. The SMILES string of the molecule is O=C1CC(=O)N(CCc2cccc3ccccc23)C1. The molecule has 0 atom stereocenters. The molecule has 0 radical (unpaired) electrons. The number of fused-ring (bicyclic) bond motifs is 1. The lowest BCUT2D eigenvalue weighted by Gasteiger charge is -2.15. The third kappa shape index (κ3) is 2.36. The maximum Gasteiger partial charge on any atom is 0.230 e. The van der Waals surface area contributed by atoms with Gasteiger partial charge in [0.25, 0.3) is 0 Å². The number of rotatable bonds is 3. The summed E-state index contributed by atoms with van der Waals surface area (Å²) in [7, 11) is 0. The van der Waals surface area contributed by atoms with Crippen LogP contribution in [0.25, 0.3) is 10.8 Å². The van der Waals surface area contributed by atoms with Crippen LogP contribution in [0.5, 0.6) is 0 Å². The number of ketones is 1. The van der Waals surface area contributed by atoms with Crippen molar-refractivity contribution in [2.75, 3.05) is 13.1 Å². The van der Waals surface area contributed by atoms with Crippen LogP contribution in [-0.4, -0.2) is 29.7 Å². The fraction of sp³-hybridized carbons (Fsp3) is 0.250. The topological polar surface area (TPSA) is 37.4 Å². The number of Topliss-reactive ketones (excluding diaryl/α,β-unsaturated/α-hetero) is 1. The summed E-state index contributed by atoms with van der Waals surface area (Å²) in [5.41, 5.74) is 1.23. The molecule has 0 spiro atoms. The number of nitrogens with zero attached hydrogens (tertiary/aromatic N) is 1.